The molecule has 1 atom stereocenters. The Morgan fingerprint density at radius 2 is 1.90 bits per heavy atom. The minimum atomic E-state index is -0.386. The number of hydrogen-bond acceptors (Lipinski definition) is 3. The Morgan fingerprint density at radius 1 is 1.30 bits per heavy atom. The molecule has 112 valence electrons. The van der Waals surface area contributed by atoms with E-state index in [0.29, 0.717) is 6.42 Å². The molecule has 1 aromatic carbocycles. The number of rotatable bonds is 6. The highest BCUT2D eigenvalue weighted by Crippen LogP contribution is 2.17. The zero-order chi connectivity index (χ0) is 15.2. The molecule has 0 aliphatic heterocycles. The molecule has 0 bridgehead atoms. The maximum Gasteiger partial charge on any atom is 0.319 e. The van der Waals surface area contributed by atoms with Gasteiger partial charge in [-0.2, -0.15) is 0 Å². The first-order chi connectivity index (χ1) is 9.40. The van der Waals surface area contributed by atoms with Crippen molar-refractivity contribution < 1.29 is 9.90 Å². The van der Waals surface area contributed by atoms with Gasteiger partial charge >= 0.3 is 6.03 Å². The van der Waals surface area contributed by atoms with Crippen molar-refractivity contribution in [3.05, 3.63) is 24.3 Å². The molecule has 5 heteroatoms. The van der Waals surface area contributed by atoms with Crippen LogP contribution < -0.4 is 15.5 Å². The van der Waals surface area contributed by atoms with E-state index in [9.17, 15) is 4.79 Å². The first-order valence-electron chi connectivity index (χ1n) is 6.87. The predicted octanol–water partition coefficient (Wildman–Crippen LogP) is 2.43. The second-order valence-corrected chi connectivity index (χ2v) is 5.41. The van der Waals surface area contributed by atoms with Crippen molar-refractivity contribution in [3.8, 4) is 0 Å². The summed E-state index contributed by atoms with van der Waals surface area (Å²) in [6.45, 7) is 3.97. The smallest absolute Gasteiger partial charge is 0.319 e. The molecule has 1 unspecified atom stereocenters. The Hall–Kier alpha value is -1.75. The molecule has 0 aliphatic carbocycles. The molecule has 20 heavy (non-hydrogen) atoms. The number of aliphatic hydroxyl groups excluding tert-OH is 1. The molecule has 0 radical (unpaired) electrons. The summed E-state index contributed by atoms with van der Waals surface area (Å²) in [7, 11) is 3.94. The highest BCUT2D eigenvalue weighted by Gasteiger charge is 2.23. The van der Waals surface area contributed by atoms with Crippen molar-refractivity contribution in [1.82, 2.24) is 5.32 Å². The molecule has 3 N–H and O–H groups in total. The minimum absolute atomic E-state index is 0.0577. The van der Waals surface area contributed by atoms with Crippen LogP contribution in [0.3, 0.4) is 0 Å². The van der Waals surface area contributed by atoms with Gasteiger partial charge in [0.25, 0.3) is 0 Å². The van der Waals surface area contributed by atoms with Crippen LogP contribution in [-0.2, 0) is 0 Å². The Balaban J connectivity index is 2.61. The van der Waals surface area contributed by atoms with Gasteiger partial charge in [-0.3, -0.25) is 0 Å². The van der Waals surface area contributed by atoms with E-state index in [-0.39, 0.29) is 18.2 Å². The monoisotopic (exact) mass is 279 g/mol. The van der Waals surface area contributed by atoms with E-state index in [2.05, 4.69) is 10.6 Å². The number of anilines is 2. The molecule has 0 heterocycles. The highest BCUT2D eigenvalue weighted by atomic mass is 16.3. The third-order valence-corrected chi connectivity index (χ3v) is 3.50. The van der Waals surface area contributed by atoms with Crippen molar-refractivity contribution in [2.45, 2.75) is 32.2 Å². The third kappa shape index (κ3) is 4.74. The summed E-state index contributed by atoms with van der Waals surface area (Å²) in [5.74, 6) is 0. The molecule has 5 nitrogen and oxygen atoms in total. The topological polar surface area (TPSA) is 64.6 Å². The van der Waals surface area contributed by atoms with Crippen LogP contribution in [-0.4, -0.2) is 37.4 Å². The molecule has 1 aromatic rings. The van der Waals surface area contributed by atoms with E-state index in [1.807, 2.05) is 57.1 Å². The molecule has 2 amide bonds. The quantitative estimate of drug-likeness (QED) is 0.749. The molecule has 0 fully saturated rings. The van der Waals surface area contributed by atoms with Crippen molar-refractivity contribution in [1.29, 1.82) is 0 Å². The standard InChI is InChI=1S/C15H25N3O2/c1-5-15(2,10-11-19)17-14(20)16-12-6-8-13(9-7-12)18(3)4/h6-9,19H,5,10-11H2,1-4H3,(H2,16,17,20). The lowest BCUT2D eigenvalue weighted by Crippen LogP contribution is -2.48. The maximum absolute atomic E-state index is 12.0. The van der Waals surface area contributed by atoms with Crippen LogP contribution >= 0.6 is 0 Å². The normalized spacial score (nSPS) is 13.4. The van der Waals surface area contributed by atoms with Crippen LogP contribution in [0.4, 0.5) is 16.2 Å². The molecule has 0 saturated heterocycles. The number of aliphatic hydroxyl groups is 1. The summed E-state index contributed by atoms with van der Waals surface area (Å²) < 4.78 is 0. The third-order valence-electron chi connectivity index (χ3n) is 3.50. The fourth-order valence-corrected chi connectivity index (χ4v) is 1.85. The summed E-state index contributed by atoms with van der Waals surface area (Å²) in [5, 5.41) is 14.8. The number of hydrogen-bond donors (Lipinski definition) is 3. The van der Waals surface area contributed by atoms with E-state index >= 15 is 0 Å². The Bertz CT molecular complexity index is 431. The fraction of sp³-hybridized carbons (Fsp3) is 0.533. The zero-order valence-electron chi connectivity index (χ0n) is 12.7. The van der Waals surface area contributed by atoms with E-state index in [1.54, 1.807) is 0 Å². The summed E-state index contributed by atoms with van der Waals surface area (Å²) in [5.41, 5.74) is 1.44. The minimum Gasteiger partial charge on any atom is -0.396 e. The van der Waals surface area contributed by atoms with Gasteiger partial charge in [0.05, 0.1) is 0 Å². The number of nitrogens with zero attached hydrogens (tertiary/aromatic N) is 1. The number of nitrogens with one attached hydrogen (secondary N) is 2. The van der Waals surface area contributed by atoms with Crippen molar-refractivity contribution >= 4 is 17.4 Å². The average molecular weight is 279 g/mol. The molecule has 0 aliphatic rings. The van der Waals surface area contributed by atoms with Crippen LogP contribution in [0.25, 0.3) is 0 Å². The predicted molar refractivity (Wildman–Crippen MR) is 83.3 cm³/mol. The largest absolute Gasteiger partial charge is 0.396 e. The molecule has 0 aromatic heterocycles. The maximum atomic E-state index is 12.0. The van der Waals surface area contributed by atoms with Crippen LogP contribution in [0.5, 0.6) is 0 Å². The average Bonchev–Trinajstić information content (AvgIpc) is 2.39. The first kappa shape index (κ1) is 16.3. The van der Waals surface area contributed by atoms with Gasteiger partial charge in [0.2, 0.25) is 0 Å². The number of benzene rings is 1. The zero-order valence-corrected chi connectivity index (χ0v) is 12.7. The molecule has 1 rings (SSSR count). The molecule has 0 saturated carbocycles. The van der Waals surface area contributed by atoms with Gasteiger partial charge in [-0.1, -0.05) is 6.92 Å². The van der Waals surface area contributed by atoms with Crippen LogP contribution in [0.2, 0.25) is 0 Å². The summed E-state index contributed by atoms with van der Waals surface area (Å²) in [6, 6.07) is 7.37. The van der Waals surface area contributed by atoms with Crippen molar-refractivity contribution in [2.24, 2.45) is 0 Å². The Labute approximate surface area is 121 Å². The van der Waals surface area contributed by atoms with Crippen molar-refractivity contribution in [3.63, 3.8) is 0 Å². The number of carbonyl (C=O) groups is 1. The SMILES string of the molecule is CCC(C)(CCO)NC(=O)Nc1ccc(N(C)C)cc1. The lowest BCUT2D eigenvalue weighted by atomic mass is 9.95. The van der Waals surface area contributed by atoms with Gasteiger partial charge in [-0.15, -0.1) is 0 Å². The van der Waals surface area contributed by atoms with Gasteiger partial charge < -0.3 is 20.6 Å². The van der Waals surface area contributed by atoms with Crippen LogP contribution in [0, 0.1) is 0 Å². The summed E-state index contributed by atoms with van der Waals surface area (Å²) in [4.78, 5) is 14.0. The second kappa shape index (κ2) is 7.14. The number of amides is 2. The Kier molecular flexibility index (Phi) is 5.82. The second-order valence-electron chi connectivity index (χ2n) is 5.41. The number of carbonyl (C=O) groups excluding carboxylic acids is 1. The van der Waals surface area contributed by atoms with Crippen LogP contribution in [0.15, 0.2) is 24.3 Å². The Morgan fingerprint density at radius 3 is 2.35 bits per heavy atom. The molecular weight excluding hydrogens is 254 g/mol. The lowest BCUT2D eigenvalue weighted by molar-refractivity contribution is 0.208. The first-order valence-corrected chi connectivity index (χ1v) is 6.87. The van der Waals surface area contributed by atoms with Crippen LogP contribution in [0.1, 0.15) is 26.7 Å². The van der Waals surface area contributed by atoms with E-state index in [4.69, 9.17) is 5.11 Å². The van der Waals surface area contributed by atoms with Crippen molar-refractivity contribution in [2.75, 3.05) is 30.9 Å². The number of urea groups is 1. The summed E-state index contributed by atoms with van der Waals surface area (Å²) >= 11 is 0. The lowest BCUT2D eigenvalue weighted by Gasteiger charge is -2.29. The van der Waals surface area contributed by atoms with Gasteiger partial charge in [-0.05, 0) is 44.0 Å². The molecule has 0 spiro atoms. The fourth-order valence-electron chi connectivity index (χ4n) is 1.85. The van der Waals surface area contributed by atoms with E-state index in [1.165, 1.54) is 0 Å². The van der Waals surface area contributed by atoms with Gasteiger partial charge in [0.15, 0.2) is 0 Å². The molecular formula is C15H25N3O2. The summed E-state index contributed by atoms with van der Waals surface area (Å²) in [6.07, 6.45) is 1.30. The van der Waals surface area contributed by atoms with Gasteiger partial charge in [0, 0.05) is 37.6 Å². The highest BCUT2D eigenvalue weighted by molar-refractivity contribution is 5.89. The van der Waals surface area contributed by atoms with E-state index < -0.39 is 0 Å². The van der Waals surface area contributed by atoms with Gasteiger partial charge in [0.1, 0.15) is 0 Å². The van der Waals surface area contributed by atoms with E-state index in [0.717, 1.165) is 17.8 Å². The van der Waals surface area contributed by atoms with Gasteiger partial charge in [-0.25, -0.2) is 4.79 Å².